The molecule has 6 nitrogen and oxygen atoms in total. The molecular formula is C24H28N2O4. The van der Waals surface area contributed by atoms with E-state index >= 15 is 0 Å². The van der Waals surface area contributed by atoms with Gasteiger partial charge >= 0.3 is 0 Å². The van der Waals surface area contributed by atoms with E-state index in [9.17, 15) is 0 Å². The van der Waals surface area contributed by atoms with Gasteiger partial charge in [-0.25, -0.2) is 0 Å². The van der Waals surface area contributed by atoms with E-state index in [0.717, 1.165) is 36.4 Å². The normalized spacial score (nSPS) is 33.0. The van der Waals surface area contributed by atoms with Crippen molar-refractivity contribution in [3.63, 3.8) is 0 Å². The molecule has 2 aromatic rings. The van der Waals surface area contributed by atoms with Crippen molar-refractivity contribution >= 4 is 0 Å². The zero-order valence-corrected chi connectivity index (χ0v) is 17.7. The summed E-state index contributed by atoms with van der Waals surface area (Å²) in [4.78, 5) is 6.53. The van der Waals surface area contributed by atoms with Crippen LogP contribution in [-0.2, 0) is 14.9 Å². The van der Waals surface area contributed by atoms with Crippen molar-refractivity contribution in [1.29, 1.82) is 0 Å². The van der Waals surface area contributed by atoms with Crippen LogP contribution < -0.4 is 9.47 Å². The van der Waals surface area contributed by atoms with E-state index in [1.807, 2.05) is 18.2 Å². The number of methoxy groups -OCH3 is 2. The summed E-state index contributed by atoms with van der Waals surface area (Å²) in [6.07, 6.45) is 9.81. The van der Waals surface area contributed by atoms with Crippen LogP contribution in [0.2, 0.25) is 0 Å². The Morgan fingerprint density at radius 1 is 1.07 bits per heavy atom. The third-order valence-corrected chi connectivity index (χ3v) is 6.94. The zero-order valence-electron chi connectivity index (χ0n) is 17.7. The Balaban J connectivity index is 1.48. The van der Waals surface area contributed by atoms with Gasteiger partial charge < -0.3 is 23.8 Å². The summed E-state index contributed by atoms with van der Waals surface area (Å²) >= 11 is 0. The van der Waals surface area contributed by atoms with Crippen LogP contribution in [0.5, 0.6) is 11.5 Å². The third-order valence-electron chi connectivity index (χ3n) is 6.94. The summed E-state index contributed by atoms with van der Waals surface area (Å²) in [5, 5.41) is 0. The second kappa shape index (κ2) is 7.38. The van der Waals surface area contributed by atoms with E-state index in [2.05, 4.69) is 41.2 Å². The molecule has 3 aliphatic rings. The molecule has 3 heterocycles. The first-order valence-corrected chi connectivity index (χ1v) is 10.4. The summed E-state index contributed by atoms with van der Waals surface area (Å²) in [6.45, 7) is 1.57. The van der Waals surface area contributed by atoms with Crippen molar-refractivity contribution in [2.45, 2.75) is 36.2 Å². The Labute approximate surface area is 177 Å². The summed E-state index contributed by atoms with van der Waals surface area (Å²) in [6, 6.07) is 10.5. The number of rotatable bonds is 4. The predicted molar refractivity (Wildman–Crippen MR) is 113 cm³/mol. The lowest BCUT2D eigenvalue weighted by atomic mass is 9.68. The highest BCUT2D eigenvalue weighted by atomic mass is 16.7. The molecule has 6 heteroatoms. The average molecular weight is 408 g/mol. The van der Waals surface area contributed by atoms with Crippen molar-refractivity contribution in [3.8, 4) is 11.5 Å². The first kappa shape index (κ1) is 19.5. The van der Waals surface area contributed by atoms with Crippen LogP contribution in [0, 0.1) is 0 Å². The number of benzene rings is 1. The fraction of sp³-hybridized carbons (Fsp3) is 0.458. The molecule has 0 amide bonds. The molecule has 2 unspecified atom stereocenters. The van der Waals surface area contributed by atoms with Crippen LogP contribution in [0.25, 0.3) is 0 Å². The Morgan fingerprint density at radius 2 is 1.87 bits per heavy atom. The maximum atomic E-state index is 6.49. The lowest BCUT2D eigenvalue weighted by molar-refractivity contribution is -0.150. The largest absolute Gasteiger partial charge is 0.493 e. The Morgan fingerprint density at radius 3 is 2.63 bits per heavy atom. The van der Waals surface area contributed by atoms with E-state index in [-0.39, 0.29) is 17.6 Å². The van der Waals surface area contributed by atoms with Gasteiger partial charge in [0.05, 0.1) is 20.8 Å². The molecular weight excluding hydrogens is 380 g/mol. The van der Waals surface area contributed by atoms with Crippen LogP contribution in [-0.4, -0.2) is 56.1 Å². The summed E-state index contributed by atoms with van der Waals surface area (Å²) in [5.41, 5.74) is 2.25. The van der Waals surface area contributed by atoms with Gasteiger partial charge in [0.25, 0.3) is 0 Å². The van der Waals surface area contributed by atoms with Crippen LogP contribution in [0.15, 0.2) is 54.9 Å². The quantitative estimate of drug-likeness (QED) is 0.722. The maximum absolute atomic E-state index is 6.49. The molecule has 1 aromatic heterocycles. The molecule has 158 valence electrons. The van der Waals surface area contributed by atoms with Crippen molar-refractivity contribution in [3.05, 3.63) is 66.0 Å². The van der Waals surface area contributed by atoms with E-state index in [1.54, 1.807) is 26.6 Å². The molecule has 2 saturated heterocycles. The van der Waals surface area contributed by atoms with Gasteiger partial charge in [0.1, 0.15) is 6.10 Å². The van der Waals surface area contributed by atoms with Gasteiger partial charge in [-0.2, -0.15) is 0 Å². The molecule has 2 fully saturated rings. The topological polar surface area (TPSA) is 53.1 Å². The predicted octanol–water partition coefficient (Wildman–Crippen LogP) is 3.49. The first-order valence-electron chi connectivity index (χ1n) is 10.4. The van der Waals surface area contributed by atoms with E-state index < -0.39 is 5.79 Å². The summed E-state index contributed by atoms with van der Waals surface area (Å²) < 4.78 is 23.8. The van der Waals surface area contributed by atoms with Crippen LogP contribution in [0.1, 0.15) is 30.1 Å². The monoisotopic (exact) mass is 408 g/mol. The van der Waals surface area contributed by atoms with Gasteiger partial charge in [-0.1, -0.05) is 12.1 Å². The molecule has 1 aliphatic carbocycles. The van der Waals surface area contributed by atoms with Crippen LogP contribution >= 0.6 is 0 Å². The van der Waals surface area contributed by atoms with Gasteiger partial charge in [0, 0.05) is 30.3 Å². The summed E-state index contributed by atoms with van der Waals surface area (Å²) in [5.74, 6) is 0.828. The fourth-order valence-corrected chi connectivity index (χ4v) is 5.24. The SMILES string of the molecule is COc1ccc([C@@]23C=CC4(C[C@@H]2N(C)CC3)OCC(c2ccncc2)O4)cc1OC. The molecule has 0 N–H and O–H groups in total. The number of nitrogens with zero attached hydrogens (tertiary/aromatic N) is 2. The van der Waals surface area contributed by atoms with Crippen LogP contribution in [0.3, 0.4) is 0 Å². The van der Waals surface area contributed by atoms with Crippen molar-refractivity contribution < 1.29 is 18.9 Å². The number of aromatic nitrogens is 1. The number of hydrogen-bond donors (Lipinski definition) is 0. The highest BCUT2D eigenvalue weighted by molar-refractivity contribution is 5.49. The molecule has 1 spiro atoms. The van der Waals surface area contributed by atoms with E-state index in [4.69, 9.17) is 18.9 Å². The number of likely N-dealkylation sites (tertiary alicyclic amines) is 1. The lowest BCUT2D eigenvalue weighted by Crippen LogP contribution is -2.49. The zero-order chi connectivity index (χ0) is 20.8. The smallest absolute Gasteiger partial charge is 0.190 e. The molecule has 2 aliphatic heterocycles. The lowest BCUT2D eigenvalue weighted by Gasteiger charge is -2.43. The standard InChI is InChI=1S/C24H28N2O4/c1-26-13-10-23(18-4-5-19(27-2)20(14-18)28-3)8-9-24(15-22(23)26)29-16-21(30-24)17-6-11-25-12-7-17/h4-9,11-12,14,21-22H,10,13,15-16H2,1-3H3/t21?,22-,23-,24?/m0/s1. The van der Waals surface area contributed by atoms with Crippen LogP contribution in [0.4, 0.5) is 0 Å². The Hall–Kier alpha value is -2.41. The maximum Gasteiger partial charge on any atom is 0.190 e. The highest BCUT2D eigenvalue weighted by Gasteiger charge is 2.55. The molecule has 0 bridgehead atoms. The van der Waals surface area contributed by atoms with E-state index in [0.29, 0.717) is 6.61 Å². The van der Waals surface area contributed by atoms with E-state index in [1.165, 1.54) is 5.56 Å². The Bertz CT molecular complexity index is 949. The van der Waals surface area contributed by atoms with Gasteiger partial charge in [-0.05, 0) is 61.5 Å². The van der Waals surface area contributed by atoms with Crippen molar-refractivity contribution in [2.24, 2.45) is 0 Å². The van der Waals surface area contributed by atoms with Crippen molar-refractivity contribution in [2.75, 3.05) is 34.4 Å². The van der Waals surface area contributed by atoms with Gasteiger partial charge in [-0.15, -0.1) is 0 Å². The molecule has 0 radical (unpaired) electrons. The Kier molecular flexibility index (Phi) is 4.81. The van der Waals surface area contributed by atoms with Gasteiger partial charge in [0.15, 0.2) is 17.3 Å². The highest BCUT2D eigenvalue weighted by Crippen LogP contribution is 2.52. The summed E-state index contributed by atoms with van der Waals surface area (Å²) in [7, 11) is 5.54. The fourth-order valence-electron chi connectivity index (χ4n) is 5.24. The molecule has 4 atom stereocenters. The number of hydrogen-bond acceptors (Lipinski definition) is 6. The number of fused-ring (bicyclic) bond motifs is 1. The molecule has 5 rings (SSSR count). The number of likely N-dealkylation sites (N-methyl/N-ethyl adjacent to an activating group) is 1. The molecule has 30 heavy (non-hydrogen) atoms. The minimum atomic E-state index is -0.683. The second-order valence-corrected chi connectivity index (χ2v) is 8.40. The van der Waals surface area contributed by atoms with Gasteiger partial charge in [-0.3, -0.25) is 4.98 Å². The minimum absolute atomic E-state index is 0.0714. The number of ether oxygens (including phenoxy) is 4. The third kappa shape index (κ3) is 3.02. The average Bonchev–Trinajstić information content (AvgIpc) is 3.36. The van der Waals surface area contributed by atoms with Gasteiger partial charge in [0.2, 0.25) is 0 Å². The number of pyridine rings is 1. The molecule has 0 saturated carbocycles. The second-order valence-electron chi connectivity index (χ2n) is 8.40. The molecule has 1 aromatic carbocycles. The van der Waals surface area contributed by atoms with Crippen molar-refractivity contribution in [1.82, 2.24) is 9.88 Å². The first-order chi connectivity index (χ1) is 14.6. The minimum Gasteiger partial charge on any atom is -0.493 e.